The summed E-state index contributed by atoms with van der Waals surface area (Å²) < 4.78 is 0. The van der Waals surface area contributed by atoms with Crippen molar-refractivity contribution in [3.63, 3.8) is 0 Å². The summed E-state index contributed by atoms with van der Waals surface area (Å²) in [5, 5.41) is 12.8. The molecule has 0 radical (unpaired) electrons. The van der Waals surface area contributed by atoms with Gasteiger partial charge in [-0.25, -0.2) is 0 Å². The van der Waals surface area contributed by atoms with Gasteiger partial charge in [0.15, 0.2) is 0 Å². The van der Waals surface area contributed by atoms with E-state index in [0.717, 1.165) is 51.9 Å². The molecular formula is C13H24N2O2. The highest BCUT2D eigenvalue weighted by Crippen LogP contribution is 2.34. The summed E-state index contributed by atoms with van der Waals surface area (Å²) in [5.41, 5.74) is 0. The Morgan fingerprint density at radius 3 is 2.24 bits per heavy atom. The summed E-state index contributed by atoms with van der Waals surface area (Å²) >= 11 is 0. The maximum Gasteiger partial charge on any atom is 0.307 e. The summed E-state index contributed by atoms with van der Waals surface area (Å²) in [6.45, 7) is 4.08. The standard InChI is InChI=1S/C13H24N2O2/c1-15-8-4-11(5-9-15)12(13(16)17)10-2-6-14-7-3-10/h10-12,14H,2-9H2,1H3,(H,16,17). The quantitative estimate of drug-likeness (QED) is 0.773. The fourth-order valence-electron chi connectivity index (χ4n) is 3.38. The second-order valence-corrected chi connectivity index (χ2v) is 5.59. The molecule has 98 valence electrons. The van der Waals surface area contributed by atoms with E-state index >= 15 is 0 Å². The molecule has 0 aromatic rings. The van der Waals surface area contributed by atoms with Gasteiger partial charge >= 0.3 is 5.97 Å². The summed E-state index contributed by atoms with van der Waals surface area (Å²) in [5.74, 6) is 0.117. The maximum atomic E-state index is 11.5. The molecule has 1 atom stereocenters. The molecular weight excluding hydrogens is 216 g/mol. The van der Waals surface area contributed by atoms with Crippen LogP contribution >= 0.6 is 0 Å². The number of carbonyl (C=O) groups is 1. The van der Waals surface area contributed by atoms with E-state index in [0.29, 0.717) is 11.8 Å². The summed E-state index contributed by atoms with van der Waals surface area (Å²) in [6.07, 6.45) is 4.17. The molecule has 1 unspecified atom stereocenters. The Morgan fingerprint density at radius 2 is 1.71 bits per heavy atom. The van der Waals surface area contributed by atoms with Crippen molar-refractivity contribution in [3.8, 4) is 0 Å². The molecule has 0 bridgehead atoms. The third-order valence-corrected chi connectivity index (χ3v) is 4.45. The van der Waals surface area contributed by atoms with Gasteiger partial charge in [-0.1, -0.05) is 0 Å². The van der Waals surface area contributed by atoms with E-state index in [9.17, 15) is 9.90 Å². The predicted octanol–water partition coefficient (Wildman–Crippen LogP) is 1.03. The van der Waals surface area contributed by atoms with E-state index in [-0.39, 0.29) is 5.92 Å². The lowest BCUT2D eigenvalue weighted by Gasteiger charge is -2.37. The van der Waals surface area contributed by atoms with Crippen LogP contribution in [0.25, 0.3) is 0 Å². The van der Waals surface area contributed by atoms with Gasteiger partial charge < -0.3 is 15.3 Å². The Morgan fingerprint density at radius 1 is 1.18 bits per heavy atom. The average Bonchev–Trinajstić information content (AvgIpc) is 2.33. The van der Waals surface area contributed by atoms with Crippen LogP contribution in [0.3, 0.4) is 0 Å². The Balaban J connectivity index is 1.98. The SMILES string of the molecule is CN1CCC(C(C(=O)O)C2CCNCC2)CC1. The molecule has 0 aromatic heterocycles. The normalized spacial score (nSPS) is 26.9. The minimum absolute atomic E-state index is 0.106. The smallest absolute Gasteiger partial charge is 0.307 e. The van der Waals surface area contributed by atoms with Gasteiger partial charge in [-0.05, 0) is 70.7 Å². The zero-order valence-corrected chi connectivity index (χ0v) is 10.7. The van der Waals surface area contributed by atoms with Gasteiger partial charge in [0.1, 0.15) is 0 Å². The van der Waals surface area contributed by atoms with Crippen LogP contribution in [0, 0.1) is 17.8 Å². The molecule has 4 nitrogen and oxygen atoms in total. The molecule has 0 aliphatic carbocycles. The van der Waals surface area contributed by atoms with Crippen LogP contribution in [0.2, 0.25) is 0 Å². The second kappa shape index (κ2) is 5.83. The highest BCUT2D eigenvalue weighted by Gasteiger charge is 2.36. The summed E-state index contributed by atoms with van der Waals surface area (Å²) in [6, 6.07) is 0. The zero-order chi connectivity index (χ0) is 12.3. The number of rotatable bonds is 3. The fourth-order valence-corrected chi connectivity index (χ4v) is 3.38. The van der Waals surface area contributed by atoms with Crippen molar-refractivity contribution in [1.29, 1.82) is 0 Å². The van der Waals surface area contributed by atoms with Crippen molar-refractivity contribution in [2.75, 3.05) is 33.2 Å². The molecule has 4 heteroatoms. The van der Waals surface area contributed by atoms with Crippen molar-refractivity contribution in [3.05, 3.63) is 0 Å². The van der Waals surface area contributed by atoms with Gasteiger partial charge in [-0.3, -0.25) is 4.79 Å². The molecule has 2 N–H and O–H groups in total. The third kappa shape index (κ3) is 3.19. The van der Waals surface area contributed by atoms with Crippen molar-refractivity contribution in [2.45, 2.75) is 25.7 Å². The van der Waals surface area contributed by atoms with Gasteiger partial charge in [0.05, 0.1) is 5.92 Å². The van der Waals surface area contributed by atoms with Gasteiger partial charge in [0.2, 0.25) is 0 Å². The highest BCUT2D eigenvalue weighted by atomic mass is 16.4. The van der Waals surface area contributed by atoms with Crippen molar-refractivity contribution in [2.24, 2.45) is 17.8 Å². The number of hydrogen-bond acceptors (Lipinski definition) is 3. The first-order valence-electron chi connectivity index (χ1n) is 6.80. The van der Waals surface area contributed by atoms with Crippen LogP contribution in [0.5, 0.6) is 0 Å². The first kappa shape index (κ1) is 12.8. The van der Waals surface area contributed by atoms with Crippen LogP contribution in [-0.4, -0.2) is 49.2 Å². The van der Waals surface area contributed by atoms with Crippen LogP contribution in [0.4, 0.5) is 0 Å². The van der Waals surface area contributed by atoms with Crippen LogP contribution in [0.1, 0.15) is 25.7 Å². The van der Waals surface area contributed by atoms with Crippen LogP contribution < -0.4 is 5.32 Å². The van der Waals surface area contributed by atoms with Gasteiger partial charge in [0.25, 0.3) is 0 Å². The van der Waals surface area contributed by atoms with E-state index in [1.54, 1.807) is 0 Å². The molecule has 2 heterocycles. The molecule has 2 aliphatic heterocycles. The Hall–Kier alpha value is -0.610. The summed E-state index contributed by atoms with van der Waals surface area (Å²) in [7, 11) is 2.12. The Kier molecular flexibility index (Phi) is 4.40. The molecule has 0 spiro atoms. The van der Waals surface area contributed by atoms with E-state index in [1.165, 1.54) is 0 Å². The number of carboxylic acids is 1. The van der Waals surface area contributed by atoms with Crippen molar-refractivity contribution >= 4 is 5.97 Å². The molecule has 0 aromatic carbocycles. The largest absolute Gasteiger partial charge is 0.481 e. The number of piperidine rings is 2. The average molecular weight is 240 g/mol. The molecule has 2 rings (SSSR count). The number of nitrogens with one attached hydrogen (secondary N) is 1. The minimum Gasteiger partial charge on any atom is -0.481 e. The number of nitrogens with zero attached hydrogens (tertiary/aromatic N) is 1. The van der Waals surface area contributed by atoms with Crippen molar-refractivity contribution in [1.82, 2.24) is 10.2 Å². The first-order chi connectivity index (χ1) is 8.18. The van der Waals surface area contributed by atoms with E-state index < -0.39 is 5.97 Å². The van der Waals surface area contributed by atoms with Crippen molar-refractivity contribution < 1.29 is 9.90 Å². The molecule has 0 saturated carbocycles. The molecule has 2 aliphatic rings. The number of hydrogen-bond donors (Lipinski definition) is 2. The lowest BCUT2D eigenvalue weighted by atomic mass is 9.73. The Bertz CT molecular complexity index is 256. The highest BCUT2D eigenvalue weighted by molar-refractivity contribution is 5.70. The van der Waals surface area contributed by atoms with Gasteiger partial charge in [-0.15, -0.1) is 0 Å². The second-order valence-electron chi connectivity index (χ2n) is 5.59. The molecule has 0 amide bonds. The summed E-state index contributed by atoms with van der Waals surface area (Å²) in [4.78, 5) is 13.8. The maximum absolute atomic E-state index is 11.5. The number of carboxylic acid groups (broad SMARTS) is 1. The van der Waals surface area contributed by atoms with E-state index in [4.69, 9.17) is 0 Å². The first-order valence-corrected chi connectivity index (χ1v) is 6.80. The molecule has 2 fully saturated rings. The lowest BCUT2D eigenvalue weighted by molar-refractivity contribution is -0.147. The third-order valence-electron chi connectivity index (χ3n) is 4.45. The van der Waals surface area contributed by atoms with Gasteiger partial charge in [-0.2, -0.15) is 0 Å². The van der Waals surface area contributed by atoms with Gasteiger partial charge in [0, 0.05) is 0 Å². The lowest BCUT2D eigenvalue weighted by Crippen LogP contribution is -2.42. The van der Waals surface area contributed by atoms with Crippen LogP contribution in [-0.2, 0) is 4.79 Å². The zero-order valence-electron chi connectivity index (χ0n) is 10.7. The van der Waals surface area contributed by atoms with E-state index in [2.05, 4.69) is 17.3 Å². The van der Waals surface area contributed by atoms with E-state index in [1.807, 2.05) is 0 Å². The minimum atomic E-state index is -0.563. The predicted molar refractivity (Wildman–Crippen MR) is 66.9 cm³/mol. The fraction of sp³-hybridized carbons (Fsp3) is 0.923. The topological polar surface area (TPSA) is 52.6 Å². The molecule has 17 heavy (non-hydrogen) atoms. The number of aliphatic carboxylic acids is 1. The monoisotopic (exact) mass is 240 g/mol. The number of likely N-dealkylation sites (tertiary alicyclic amines) is 1. The van der Waals surface area contributed by atoms with Crippen LogP contribution in [0.15, 0.2) is 0 Å². The molecule has 2 saturated heterocycles. The Labute approximate surface area is 103 Å².